The molecule has 1 aromatic heterocycles. The fourth-order valence-corrected chi connectivity index (χ4v) is 5.81. The highest BCUT2D eigenvalue weighted by molar-refractivity contribution is 8.00. The van der Waals surface area contributed by atoms with Crippen LogP contribution in [0.5, 0.6) is 0 Å². The molecule has 2 fully saturated rings. The zero-order valence-electron chi connectivity index (χ0n) is 13.7. The molecule has 8 heteroatoms. The molecule has 2 saturated heterocycles. The van der Waals surface area contributed by atoms with Crippen molar-refractivity contribution >= 4 is 50.4 Å². The lowest BCUT2D eigenvalue weighted by molar-refractivity contribution is -0.116. The lowest BCUT2D eigenvalue weighted by atomic mass is 10.0. The number of nitrogens with one attached hydrogen (secondary N) is 3. The van der Waals surface area contributed by atoms with Gasteiger partial charge in [-0.05, 0) is 25.0 Å². The molecular formula is C17H20N4O2S2. The second-order valence-corrected chi connectivity index (χ2v) is 8.71. The zero-order valence-corrected chi connectivity index (χ0v) is 15.3. The molecule has 3 amide bonds. The molecule has 3 atom stereocenters. The Hall–Kier alpha value is -1.80. The van der Waals surface area contributed by atoms with E-state index in [4.69, 9.17) is 0 Å². The number of carbonyl (C=O) groups is 2. The highest BCUT2D eigenvalue weighted by Gasteiger charge is 2.42. The number of unbranched alkanes of at least 4 members (excludes halogenated alkanes) is 1. The quantitative estimate of drug-likeness (QED) is 0.535. The summed E-state index contributed by atoms with van der Waals surface area (Å²) in [6.07, 6.45) is 3.38. The van der Waals surface area contributed by atoms with E-state index in [-0.39, 0.29) is 24.0 Å². The van der Waals surface area contributed by atoms with Crippen LogP contribution < -0.4 is 16.0 Å². The number of thiazole rings is 1. The van der Waals surface area contributed by atoms with Crippen LogP contribution in [0, 0.1) is 0 Å². The van der Waals surface area contributed by atoms with Crippen LogP contribution in [0.15, 0.2) is 24.3 Å². The number of amides is 3. The van der Waals surface area contributed by atoms with Gasteiger partial charge in [0.15, 0.2) is 5.13 Å². The average molecular weight is 377 g/mol. The van der Waals surface area contributed by atoms with Gasteiger partial charge in [-0.25, -0.2) is 9.78 Å². The van der Waals surface area contributed by atoms with Crippen molar-refractivity contribution in [3.63, 3.8) is 0 Å². The predicted octanol–water partition coefficient (Wildman–Crippen LogP) is 2.96. The Morgan fingerprint density at radius 3 is 3.04 bits per heavy atom. The third kappa shape index (κ3) is 3.74. The van der Waals surface area contributed by atoms with Gasteiger partial charge in [0, 0.05) is 17.4 Å². The number of urea groups is 1. The van der Waals surface area contributed by atoms with Gasteiger partial charge in [-0.15, -0.1) is 0 Å². The number of fused-ring (bicyclic) bond motifs is 2. The molecule has 0 unspecified atom stereocenters. The molecule has 2 aromatic rings. The summed E-state index contributed by atoms with van der Waals surface area (Å²) in [5.41, 5.74) is 0.919. The van der Waals surface area contributed by atoms with Crippen molar-refractivity contribution in [2.45, 2.75) is 43.0 Å². The van der Waals surface area contributed by atoms with Crippen molar-refractivity contribution in [3.05, 3.63) is 24.3 Å². The van der Waals surface area contributed by atoms with Crippen molar-refractivity contribution in [1.29, 1.82) is 0 Å². The normalized spacial score (nSPS) is 24.8. The minimum absolute atomic E-state index is 0.0202. The van der Waals surface area contributed by atoms with Gasteiger partial charge in [0.2, 0.25) is 5.91 Å². The van der Waals surface area contributed by atoms with Crippen molar-refractivity contribution in [2.24, 2.45) is 0 Å². The van der Waals surface area contributed by atoms with E-state index in [9.17, 15) is 9.59 Å². The maximum absolute atomic E-state index is 12.1. The van der Waals surface area contributed by atoms with E-state index in [0.29, 0.717) is 16.8 Å². The molecule has 1 aromatic carbocycles. The summed E-state index contributed by atoms with van der Waals surface area (Å²) in [5, 5.41) is 9.98. The van der Waals surface area contributed by atoms with Crippen LogP contribution in [-0.4, -0.2) is 40.0 Å². The molecule has 2 aliphatic rings. The van der Waals surface area contributed by atoms with Crippen LogP contribution in [0.25, 0.3) is 10.2 Å². The Bertz CT molecular complexity index is 761. The fourth-order valence-electron chi connectivity index (χ4n) is 3.38. The summed E-state index contributed by atoms with van der Waals surface area (Å²) in [6, 6.07) is 8.34. The number of thioether (sulfide) groups is 1. The number of para-hydroxylation sites is 1. The first-order chi connectivity index (χ1) is 12.2. The summed E-state index contributed by atoms with van der Waals surface area (Å²) in [4.78, 5) is 27.9. The molecular weight excluding hydrogens is 356 g/mol. The van der Waals surface area contributed by atoms with Crippen LogP contribution >= 0.6 is 23.1 Å². The number of benzene rings is 1. The molecule has 6 nitrogen and oxygen atoms in total. The molecule has 3 N–H and O–H groups in total. The van der Waals surface area contributed by atoms with E-state index in [1.807, 2.05) is 36.0 Å². The number of hydrogen-bond donors (Lipinski definition) is 3. The third-order valence-electron chi connectivity index (χ3n) is 4.62. The summed E-state index contributed by atoms with van der Waals surface area (Å²) in [6.45, 7) is 0. The summed E-state index contributed by atoms with van der Waals surface area (Å²) >= 11 is 3.42. The Labute approximate surface area is 154 Å². The summed E-state index contributed by atoms with van der Waals surface area (Å²) in [7, 11) is 0. The number of nitrogens with zero attached hydrogens (tertiary/aromatic N) is 1. The van der Waals surface area contributed by atoms with Gasteiger partial charge in [-0.3, -0.25) is 4.79 Å². The number of carbonyl (C=O) groups excluding carboxylic acids is 2. The number of anilines is 1. The van der Waals surface area contributed by atoms with Crippen LogP contribution in [-0.2, 0) is 4.79 Å². The Morgan fingerprint density at radius 1 is 1.28 bits per heavy atom. The largest absolute Gasteiger partial charge is 0.332 e. The number of rotatable bonds is 6. The Kier molecular flexibility index (Phi) is 4.80. The molecule has 2 aliphatic heterocycles. The third-order valence-corrected chi connectivity index (χ3v) is 7.08. The average Bonchev–Trinajstić information content (AvgIpc) is 3.25. The monoisotopic (exact) mass is 376 g/mol. The van der Waals surface area contributed by atoms with Gasteiger partial charge >= 0.3 is 6.03 Å². The van der Waals surface area contributed by atoms with E-state index < -0.39 is 0 Å². The highest BCUT2D eigenvalue weighted by Crippen LogP contribution is 2.33. The molecule has 3 heterocycles. The molecule has 25 heavy (non-hydrogen) atoms. The lowest BCUT2D eigenvalue weighted by Gasteiger charge is -2.16. The highest BCUT2D eigenvalue weighted by atomic mass is 32.2. The topological polar surface area (TPSA) is 83.1 Å². The maximum Gasteiger partial charge on any atom is 0.315 e. The molecule has 0 spiro atoms. The predicted molar refractivity (Wildman–Crippen MR) is 102 cm³/mol. The number of aromatic nitrogens is 1. The Balaban J connectivity index is 1.20. The molecule has 0 radical (unpaired) electrons. The van der Waals surface area contributed by atoms with Crippen LogP contribution in [0.1, 0.15) is 25.7 Å². The van der Waals surface area contributed by atoms with Gasteiger partial charge in [0.25, 0.3) is 0 Å². The SMILES string of the molecule is O=C(CCCC[C@@H]1SC[C@H]2NC(=O)N[C@H]12)Nc1nc2ccccc2s1. The minimum atomic E-state index is -0.0458. The molecule has 0 saturated carbocycles. The first-order valence-corrected chi connectivity index (χ1v) is 10.4. The lowest BCUT2D eigenvalue weighted by Crippen LogP contribution is -2.36. The van der Waals surface area contributed by atoms with Crippen molar-refractivity contribution in [2.75, 3.05) is 11.1 Å². The van der Waals surface area contributed by atoms with Gasteiger partial charge in [0.1, 0.15) is 0 Å². The molecule has 0 bridgehead atoms. The first-order valence-electron chi connectivity index (χ1n) is 8.53. The van der Waals surface area contributed by atoms with Gasteiger partial charge < -0.3 is 16.0 Å². The van der Waals surface area contributed by atoms with Gasteiger partial charge in [-0.2, -0.15) is 11.8 Å². The Morgan fingerprint density at radius 2 is 2.16 bits per heavy atom. The van der Waals surface area contributed by atoms with E-state index >= 15 is 0 Å². The summed E-state index contributed by atoms with van der Waals surface area (Å²) in [5.74, 6) is 0.999. The second kappa shape index (κ2) is 7.21. The first kappa shape index (κ1) is 16.7. The van der Waals surface area contributed by atoms with Gasteiger partial charge in [0.05, 0.1) is 22.3 Å². The van der Waals surface area contributed by atoms with E-state index in [1.54, 1.807) is 0 Å². The molecule has 0 aliphatic carbocycles. The van der Waals surface area contributed by atoms with Crippen molar-refractivity contribution in [1.82, 2.24) is 15.6 Å². The summed E-state index contributed by atoms with van der Waals surface area (Å²) < 4.78 is 1.08. The second-order valence-electron chi connectivity index (χ2n) is 6.40. The number of hydrogen-bond acceptors (Lipinski definition) is 5. The smallest absolute Gasteiger partial charge is 0.315 e. The van der Waals surface area contributed by atoms with E-state index in [0.717, 1.165) is 35.2 Å². The molecule has 4 rings (SSSR count). The van der Waals surface area contributed by atoms with Gasteiger partial charge in [-0.1, -0.05) is 29.9 Å². The van der Waals surface area contributed by atoms with Crippen LogP contribution in [0.2, 0.25) is 0 Å². The standard InChI is InChI=1S/C17H20N4O2S2/c22-14(20-17-19-10-5-1-2-6-12(10)25-17)8-4-3-7-13-15-11(9-24-13)18-16(23)21-15/h1-2,5-6,11,13,15H,3-4,7-9H2,(H2,18,21,23)(H,19,20,22)/t11-,13+,15+/m1/s1. The van der Waals surface area contributed by atoms with Crippen LogP contribution in [0.4, 0.5) is 9.93 Å². The van der Waals surface area contributed by atoms with Crippen LogP contribution in [0.3, 0.4) is 0 Å². The minimum Gasteiger partial charge on any atom is -0.332 e. The maximum atomic E-state index is 12.1. The fraction of sp³-hybridized carbons (Fsp3) is 0.471. The van der Waals surface area contributed by atoms with Crippen molar-refractivity contribution < 1.29 is 9.59 Å². The molecule has 132 valence electrons. The van der Waals surface area contributed by atoms with Crippen molar-refractivity contribution in [3.8, 4) is 0 Å². The van der Waals surface area contributed by atoms with E-state index in [1.165, 1.54) is 11.3 Å². The van der Waals surface area contributed by atoms with E-state index in [2.05, 4.69) is 20.9 Å². The zero-order chi connectivity index (χ0) is 17.2.